The van der Waals surface area contributed by atoms with Gasteiger partial charge in [-0.1, -0.05) is 0 Å². The van der Waals surface area contributed by atoms with Crippen LogP contribution in [0.25, 0.3) is 0 Å². The summed E-state index contributed by atoms with van der Waals surface area (Å²) >= 11 is 0. The average molecular weight is 211 g/mol. The average Bonchev–Trinajstić information content (AvgIpc) is 2.16. The van der Waals surface area contributed by atoms with Crippen LogP contribution in [0.1, 0.15) is 20.8 Å². The summed E-state index contributed by atoms with van der Waals surface area (Å²) in [7, 11) is 0. The second-order valence-corrected chi connectivity index (χ2v) is 5.42. The fourth-order valence-electron chi connectivity index (χ4n) is 2.44. The zero-order valence-electron chi connectivity index (χ0n) is 9.92. The van der Waals surface area contributed by atoms with Crippen LogP contribution in [-0.4, -0.2) is 60.0 Å². The number of fused-ring (bicyclic) bond motifs is 1. The summed E-state index contributed by atoms with van der Waals surface area (Å²) in [6, 6.07) is 0.0757. The van der Waals surface area contributed by atoms with Gasteiger partial charge in [0.05, 0.1) is 0 Å². The van der Waals surface area contributed by atoms with Crippen molar-refractivity contribution in [2.75, 3.05) is 32.7 Å². The lowest BCUT2D eigenvalue weighted by Gasteiger charge is -2.47. The Kier molecular flexibility index (Phi) is 2.73. The first kappa shape index (κ1) is 10.9. The highest BCUT2D eigenvalue weighted by Crippen LogP contribution is 2.21. The van der Waals surface area contributed by atoms with Gasteiger partial charge in [0.15, 0.2) is 0 Å². The van der Waals surface area contributed by atoms with Gasteiger partial charge >= 0.3 is 0 Å². The molecule has 2 aliphatic rings. The van der Waals surface area contributed by atoms with Gasteiger partial charge in [0.2, 0.25) is 5.91 Å². The van der Waals surface area contributed by atoms with Crippen molar-refractivity contribution >= 4 is 5.91 Å². The van der Waals surface area contributed by atoms with Crippen molar-refractivity contribution in [2.45, 2.75) is 32.4 Å². The number of nitrogens with zero attached hydrogens (tertiary/aromatic N) is 2. The van der Waals surface area contributed by atoms with Crippen LogP contribution in [0, 0.1) is 0 Å². The molecule has 1 unspecified atom stereocenters. The Labute approximate surface area is 91.6 Å². The molecule has 1 atom stereocenters. The first-order chi connectivity index (χ1) is 7.00. The van der Waals surface area contributed by atoms with E-state index in [4.69, 9.17) is 0 Å². The molecule has 15 heavy (non-hydrogen) atoms. The third-order valence-electron chi connectivity index (χ3n) is 3.33. The first-order valence-electron chi connectivity index (χ1n) is 5.76. The van der Waals surface area contributed by atoms with Gasteiger partial charge in [-0.05, 0) is 20.8 Å². The van der Waals surface area contributed by atoms with E-state index in [2.05, 4.69) is 31.0 Å². The van der Waals surface area contributed by atoms with Crippen LogP contribution in [0.2, 0.25) is 0 Å². The van der Waals surface area contributed by atoms with Crippen molar-refractivity contribution in [3.05, 3.63) is 0 Å². The van der Waals surface area contributed by atoms with Gasteiger partial charge in [-0.25, -0.2) is 0 Å². The number of hydrogen-bond donors (Lipinski definition) is 1. The summed E-state index contributed by atoms with van der Waals surface area (Å²) in [4.78, 5) is 16.6. The molecule has 0 aromatic rings. The number of amides is 1. The van der Waals surface area contributed by atoms with E-state index in [9.17, 15) is 4.79 Å². The zero-order valence-corrected chi connectivity index (χ0v) is 9.92. The minimum Gasteiger partial charge on any atom is -0.335 e. The lowest BCUT2D eigenvalue weighted by atomic mass is 10.0. The smallest absolute Gasteiger partial charge is 0.241 e. The van der Waals surface area contributed by atoms with Crippen LogP contribution in [0.3, 0.4) is 0 Å². The molecule has 0 aromatic carbocycles. The van der Waals surface area contributed by atoms with Crippen LogP contribution in [0.4, 0.5) is 0 Å². The number of piperazine rings is 2. The topological polar surface area (TPSA) is 35.6 Å². The van der Waals surface area contributed by atoms with E-state index in [0.29, 0.717) is 5.91 Å². The van der Waals surface area contributed by atoms with Gasteiger partial charge < -0.3 is 10.2 Å². The molecule has 0 aromatic heterocycles. The molecule has 2 rings (SSSR count). The normalized spacial score (nSPS) is 29.1. The highest BCUT2D eigenvalue weighted by Gasteiger charge is 2.39. The number of rotatable bonds is 0. The Balaban J connectivity index is 2.11. The van der Waals surface area contributed by atoms with Gasteiger partial charge in [0.1, 0.15) is 6.04 Å². The lowest BCUT2D eigenvalue weighted by molar-refractivity contribution is -0.148. The second kappa shape index (κ2) is 3.76. The lowest BCUT2D eigenvalue weighted by Crippen LogP contribution is -2.66. The third kappa shape index (κ3) is 2.01. The molecule has 0 bridgehead atoms. The number of nitrogens with one attached hydrogen (secondary N) is 1. The van der Waals surface area contributed by atoms with E-state index in [0.717, 1.165) is 32.7 Å². The van der Waals surface area contributed by atoms with Crippen LogP contribution >= 0.6 is 0 Å². The third-order valence-corrected chi connectivity index (χ3v) is 3.33. The standard InChI is InChI=1S/C11H21N3O/c1-11(2,3)14-7-6-13-5-4-12-8-9(13)10(14)15/h9,12H,4-8H2,1-3H3. The van der Waals surface area contributed by atoms with Gasteiger partial charge in [-0.3, -0.25) is 9.69 Å². The van der Waals surface area contributed by atoms with Crippen molar-refractivity contribution in [3.8, 4) is 0 Å². The largest absolute Gasteiger partial charge is 0.335 e. The monoisotopic (exact) mass is 211 g/mol. The van der Waals surface area contributed by atoms with Gasteiger partial charge in [0.25, 0.3) is 0 Å². The zero-order chi connectivity index (χ0) is 11.1. The summed E-state index contributed by atoms with van der Waals surface area (Å²) in [5.74, 6) is 0.293. The van der Waals surface area contributed by atoms with E-state index in [-0.39, 0.29) is 11.6 Å². The molecule has 2 heterocycles. The fourth-order valence-corrected chi connectivity index (χ4v) is 2.44. The van der Waals surface area contributed by atoms with E-state index in [1.165, 1.54) is 0 Å². The highest BCUT2D eigenvalue weighted by molar-refractivity contribution is 5.83. The molecule has 1 amide bonds. The summed E-state index contributed by atoms with van der Waals surface area (Å²) in [6.07, 6.45) is 0. The van der Waals surface area contributed by atoms with Crippen molar-refractivity contribution in [1.82, 2.24) is 15.1 Å². The molecule has 0 saturated carbocycles. The van der Waals surface area contributed by atoms with Gasteiger partial charge in [-0.2, -0.15) is 0 Å². The molecule has 86 valence electrons. The molecule has 4 heteroatoms. The molecule has 2 fully saturated rings. The Morgan fingerprint density at radius 2 is 2.00 bits per heavy atom. The molecule has 1 N–H and O–H groups in total. The van der Waals surface area contributed by atoms with Crippen LogP contribution in [-0.2, 0) is 4.79 Å². The summed E-state index contributed by atoms with van der Waals surface area (Å²) < 4.78 is 0. The molecule has 2 aliphatic heterocycles. The first-order valence-corrected chi connectivity index (χ1v) is 5.76. The Hall–Kier alpha value is -0.610. The molecule has 0 spiro atoms. The molecule has 0 aliphatic carbocycles. The fraction of sp³-hybridized carbons (Fsp3) is 0.909. The van der Waals surface area contributed by atoms with Crippen molar-refractivity contribution in [1.29, 1.82) is 0 Å². The number of hydrogen-bond acceptors (Lipinski definition) is 3. The number of carbonyl (C=O) groups is 1. The maximum absolute atomic E-state index is 12.3. The molecular weight excluding hydrogens is 190 g/mol. The van der Waals surface area contributed by atoms with E-state index < -0.39 is 0 Å². The molecule has 2 saturated heterocycles. The number of carbonyl (C=O) groups excluding carboxylic acids is 1. The van der Waals surface area contributed by atoms with E-state index in [1.807, 2.05) is 4.90 Å². The molecule has 0 radical (unpaired) electrons. The minimum atomic E-state index is -0.0411. The van der Waals surface area contributed by atoms with Crippen LogP contribution in [0.5, 0.6) is 0 Å². The van der Waals surface area contributed by atoms with E-state index >= 15 is 0 Å². The predicted octanol–water partition coefficient (Wildman–Crippen LogP) is -0.0991. The van der Waals surface area contributed by atoms with Gasteiger partial charge in [-0.15, -0.1) is 0 Å². The molecular formula is C11H21N3O. The molecule has 4 nitrogen and oxygen atoms in total. The highest BCUT2D eigenvalue weighted by atomic mass is 16.2. The van der Waals surface area contributed by atoms with Crippen LogP contribution < -0.4 is 5.32 Å². The van der Waals surface area contributed by atoms with Crippen molar-refractivity contribution in [2.24, 2.45) is 0 Å². The SMILES string of the molecule is CC(C)(C)N1CCN2CCNCC2C1=O. The minimum absolute atomic E-state index is 0.0411. The maximum atomic E-state index is 12.3. The maximum Gasteiger partial charge on any atom is 0.241 e. The van der Waals surface area contributed by atoms with Crippen LogP contribution in [0.15, 0.2) is 0 Å². The Morgan fingerprint density at radius 3 is 2.67 bits per heavy atom. The summed E-state index contributed by atoms with van der Waals surface area (Å²) in [6.45, 7) is 11.1. The van der Waals surface area contributed by atoms with Crippen molar-refractivity contribution in [3.63, 3.8) is 0 Å². The predicted molar refractivity (Wildman–Crippen MR) is 59.7 cm³/mol. The summed E-state index contributed by atoms with van der Waals surface area (Å²) in [5.41, 5.74) is -0.0411. The van der Waals surface area contributed by atoms with Gasteiger partial charge in [0, 0.05) is 38.3 Å². The Bertz CT molecular complexity index is 259. The van der Waals surface area contributed by atoms with Crippen molar-refractivity contribution < 1.29 is 4.79 Å². The summed E-state index contributed by atoms with van der Waals surface area (Å²) in [5, 5.41) is 3.30. The Morgan fingerprint density at radius 1 is 1.27 bits per heavy atom. The van der Waals surface area contributed by atoms with E-state index in [1.54, 1.807) is 0 Å². The second-order valence-electron chi connectivity index (χ2n) is 5.42. The quantitative estimate of drug-likeness (QED) is 0.608.